The van der Waals surface area contributed by atoms with Gasteiger partial charge in [0.25, 0.3) is 0 Å². The Bertz CT molecular complexity index is 577. The predicted octanol–water partition coefficient (Wildman–Crippen LogP) is 3.22. The van der Waals surface area contributed by atoms with Gasteiger partial charge in [-0.15, -0.1) is 0 Å². The molecule has 0 unspecified atom stereocenters. The molecular formula is C19H26O5. The number of hydrogen-bond donors (Lipinski definition) is 1. The van der Waals surface area contributed by atoms with Gasteiger partial charge in [0.1, 0.15) is 18.5 Å². The summed E-state index contributed by atoms with van der Waals surface area (Å²) in [4.78, 5) is 23.5. The first-order chi connectivity index (χ1) is 11.3. The van der Waals surface area contributed by atoms with E-state index in [2.05, 4.69) is 6.58 Å². The Morgan fingerprint density at radius 3 is 2.58 bits per heavy atom. The van der Waals surface area contributed by atoms with Crippen LogP contribution in [0, 0.1) is 5.92 Å². The topological polar surface area (TPSA) is 72.8 Å². The number of Topliss-reactive ketones (excluding diaryl/α,β-unsaturated/α-hetero) is 1. The predicted molar refractivity (Wildman–Crippen MR) is 91.7 cm³/mol. The zero-order valence-electron chi connectivity index (χ0n) is 14.6. The van der Waals surface area contributed by atoms with Gasteiger partial charge in [-0.05, 0) is 35.6 Å². The Labute approximate surface area is 143 Å². The molecule has 0 heterocycles. The Hall–Kier alpha value is -2.14. The fourth-order valence-corrected chi connectivity index (χ4v) is 2.21. The molecule has 0 spiro atoms. The van der Waals surface area contributed by atoms with Crippen LogP contribution in [-0.2, 0) is 14.3 Å². The van der Waals surface area contributed by atoms with E-state index in [1.165, 1.54) is 6.92 Å². The lowest BCUT2D eigenvalue weighted by molar-refractivity contribution is -0.147. The summed E-state index contributed by atoms with van der Waals surface area (Å²) in [5, 5.41) is 8.83. The fraction of sp³-hybridized carbons (Fsp3) is 0.474. The number of carbonyl (C=O) groups is 2. The van der Waals surface area contributed by atoms with Crippen LogP contribution in [0.5, 0.6) is 5.75 Å². The lowest BCUT2D eigenvalue weighted by atomic mass is 9.95. The highest BCUT2D eigenvalue weighted by atomic mass is 16.5. The Morgan fingerprint density at radius 2 is 2.00 bits per heavy atom. The quantitative estimate of drug-likeness (QED) is 0.525. The lowest BCUT2D eigenvalue weighted by Gasteiger charge is -2.18. The fourth-order valence-electron chi connectivity index (χ4n) is 2.21. The highest BCUT2D eigenvalue weighted by Crippen LogP contribution is 2.27. The van der Waals surface area contributed by atoms with E-state index in [9.17, 15) is 9.59 Å². The van der Waals surface area contributed by atoms with Crippen molar-refractivity contribution in [3.05, 3.63) is 42.0 Å². The molecule has 1 rings (SSSR count). The van der Waals surface area contributed by atoms with Crippen LogP contribution in [0.1, 0.15) is 45.3 Å². The summed E-state index contributed by atoms with van der Waals surface area (Å²) in [6, 6.07) is 7.12. The standard InChI is InChI=1S/C19H26O5/c1-13(2)14(3)18(22)8-9-19(24-15(4)21)16-6-5-7-17(12-16)23-11-10-20/h5-7,12-13,19-20H,3,8-11H2,1-2,4H3/t19-/m0/s1. The summed E-state index contributed by atoms with van der Waals surface area (Å²) >= 11 is 0. The summed E-state index contributed by atoms with van der Waals surface area (Å²) in [7, 11) is 0. The number of aliphatic hydroxyl groups excluding tert-OH is 1. The van der Waals surface area contributed by atoms with Gasteiger partial charge in [-0.25, -0.2) is 0 Å². The van der Waals surface area contributed by atoms with Crippen molar-refractivity contribution in [2.75, 3.05) is 13.2 Å². The molecule has 5 nitrogen and oxygen atoms in total. The van der Waals surface area contributed by atoms with E-state index in [0.717, 1.165) is 5.56 Å². The molecule has 5 heteroatoms. The molecular weight excluding hydrogens is 308 g/mol. The third kappa shape index (κ3) is 6.54. The van der Waals surface area contributed by atoms with Crippen molar-refractivity contribution in [3.63, 3.8) is 0 Å². The average Bonchev–Trinajstić information content (AvgIpc) is 2.55. The van der Waals surface area contributed by atoms with Gasteiger partial charge in [-0.3, -0.25) is 9.59 Å². The number of hydrogen-bond acceptors (Lipinski definition) is 5. The van der Waals surface area contributed by atoms with Crippen LogP contribution in [0.2, 0.25) is 0 Å². The summed E-state index contributed by atoms with van der Waals surface area (Å²) in [6.45, 7) is 9.11. The maximum absolute atomic E-state index is 12.1. The van der Waals surface area contributed by atoms with E-state index in [-0.39, 0.29) is 31.3 Å². The first-order valence-electron chi connectivity index (χ1n) is 8.08. The number of rotatable bonds is 10. The third-order valence-corrected chi connectivity index (χ3v) is 3.59. The molecule has 1 N–H and O–H groups in total. The van der Waals surface area contributed by atoms with Crippen LogP contribution in [0.15, 0.2) is 36.4 Å². The van der Waals surface area contributed by atoms with Gasteiger partial charge in [-0.1, -0.05) is 32.6 Å². The van der Waals surface area contributed by atoms with Gasteiger partial charge >= 0.3 is 5.97 Å². The van der Waals surface area contributed by atoms with Crippen molar-refractivity contribution in [1.29, 1.82) is 0 Å². The number of carbonyl (C=O) groups excluding carboxylic acids is 2. The van der Waals surface area contributed by atoms with Gasteiger partial charge in [0.15, 0.2) is 5.78 Å². The van der Waals surface area contributed by atoms with E-state index in [1.807, 2.05) is 19.9 Å². The lowest BCUT2D eigenvalue weighted by Crippen LogP contribution is -2.13. The molecule has 1 atom stereocenters. The number of allylic oxidation sites excluding steroid dienone is 1. The van der Waals surface area contributed by atoms with Crippen LogP contribution in [0.25, 0.3) is 0 Å². The molecule has 0 saturated heterocycles. The summed E-state index contributed by atoms with van der Waals surface area (Å²) in [5.41, 5.74) is 1.33. The summed E-state index contributed by atoms with van der Waals surface area (Å²) in [6.07, 6.45) is 0.119. The second kappa shape index (κ2) is 9.88. The molecule has 1 aromatic carbocycles. The van der Waals surface area contributed by atoms with Crippen LogP contribution in [0.4, 0.5) is 0 Å². The van der Waals surface area contributed by atoms with Crippen molar-refractivity contribution in [2.24, 2.45) is 5.92 Å². The van der Waals surface area contributed by atoms with Crippen molar-refractivity contribution in [1.82, 2.24) is 0 Å². The largest absolute Gasteiger partial charge is 0.491 e. The molecule has 0 radical (unpaired) electrons. The van der Waals surface area contributed by atoms with Crippen LogP contribution >= 0.6 is 0 Å². The van der Waals surface area contributed by atoms with Gasteiger partial charge in [-0.2, -0.15) is 0 Å². The van der Waals surface area contributed by atoms with Gasteiger partial charge in [0.05, 0.1) is 6.61 Å². The monoisotopic (exact) mass is 334 g/mol. The SMILES string of the molecule is C=C(C(=O)CC[C@H](OC(C)=O)c1cccc(OCCO)c1)C(C)C. The van der Waals surface area contributed by atoms with Crippen molar-refractivity contribution >= 4 is 11.8 Å². The van der Waals surface area contributed by atoms with Crippen LogP contribution in [-0.4, -0.2) is 30.1 Å². The van der Waals surface area contributed by atoms with E-state index >= 15 is 0 Å². The minimum absolute atomic E-state index is 0.0187. The minimum Gasteiger partial charge on any atom is -0.491 e. The molecule has 24 heavy (non-hydrogen) atoms. The number of ether oxygens (including phenoxy) is 2. The number of esters is 1. The molecule has 0 aliphatic rings. The second-order valence-electron chi connectivity index (χ2n) is 5.88. The molecule has 0 aliphatic carbocycles. The first-order valence-corrected chi connectivity index (χ1v) is 8.08. The number of ketones is 1. The van der Waals surface area contributed by atoms with Crippen LogP contribution in [0.3, 0.4) is 0 Å². The Morgan fingerprint density at radius 1 is 1.29 bits per heavy atom. The maximum Gasteiger partial charge on any atom is 0.303 e. The third-order valence-electron chi connectivity index (χ3n) is 3.59. The van der Waals surface area contributed by atoms with E-state index in [0.29, 0.717) is 17.7 Å². The zero-order valence-corrected chi connectivity index (χ0v) is 14.6. The molecule has 0 fully saturated rings. The molecule has 0 bridgehead atoms. The van der Waals surface area contributed by atoms with E-state index < -0.39 is 12.1 Å². The summed E-state index contributed by atoms with van der Waals surface area (Å²) in [5.74, 6) is 0.253. The van der Waals surface area contributed by atoms with E-state index in [1.54, 1.807) is 18.2 Å². The molecule has 0 saturated carbocycles. The number of aliphatic hydroxyl groups is 1. The van der Waals surface area contributed by atoms with E-state index in [4.69, 9.17) is 14.6 Å². The Balaban J connectivity index is 2.83. The summed E-state index contributed by atoms with van der Waals surface area (Å²) < 4.78 is 10.7. The highest BCUT2D eigenvalue weighted by Gasteiger charge is 2.19. The van der Waals surface area contributed by atoms with Crippen LogP contribution < -0.4 is 4.74 Å². The van der Waals surface area contributed by atoms with Crippen molar-refractivity contribution in [2.45, 2.75) is 39.7 Å². The number of benzene rings is 1. The zero-order chi connectivity index (χ0) is 18.1. The molecule has 1 aromatic rings. The van der Waals surface area contributed by atoms with Crippen molar-refractivity contribution < 1.29 is 24.2 Å². The molecule has 0 aromatic heterocycles. The molecule has 0 aliphatic heterocycles. The smallest absolute Gasteiger partial charge is 0.303 e. The molecule has 132 valence electrons. The first kappa shape index (κ1) is 19.9. The minimum atomic E-state index is -0.524. The molecule has 0 amide bonds. The normalized spacial score (nSPS) is 11.9. The van der Waals surface area contributed by atoms with Gasteiger partial charge in [0, 0.05) is 13.3 Å². The average molecular weight is 334 g/mol. The van der Waals surface area contributed by atoms with Gasteiger partial charge < -0.3 is 14.6 Å². The Kier molecular flexibility index (Phi) is 8.19. The van der Waals surface area contributed by atoms with Gasteiger partial charge in [0.2, 0.25) is 0 Å². The second-order valence-corrected chi connectivity index (χ2v) is 5.88. The highest BCUT2D eigenvalue weighted by molar-refractivity contribution is 5.95. The van der Waals surface area contributed by atoms with Crippen molar-refractivity contribution in [3.8, 4) is 5.75 Å². The maximum atomic E-state index is 12.1.